The molecule has 0 aliphatic heterocycles. The number of aliphatic hydroxyl groups is 1. The Bertz CT molecular complexity index is 734. The average molecular weight is 400 g/mol. The highest BCUT2D eigenvalue weighted by atomic mass is 35.5. The monoisotopic (exact) mass is 399 g/mol. The van der Waals surface area contributed by atoms with Gasteiger partial charge in [-0.1, -0.05) is 23.7 Å². The van der Waals surface area contributed by atoms with E-state index < -0.39 is 17.8 Å². The number of ether oxygens (including phenoxy) is 1. The van der Waals surface area contributed by atoms with Gasteiger partial charge in [0.05, 0.1) is 5.56 Å². The Labute approximate surface area is 161 Å². The van der Waals surface area contributed by atoms with E-state index in [4.69, 9.17) is 16.3 Å². The van der Waals surface area contributed by atoms with Crippen molar-refractivity contribution in [1.29, 1.82) is 0 Å². The number of hydrogen-bond acceptors (Lipinski definition) is 3. The zero-order chi connectivity index (χ0) is 19.4. The summed E-state index contributed by atoms with van der Waals surface area (Å²) in [4.78, 5) is 0. The molecule has 0 amide bonds. The summed E-state index contributed by atoms with van der Waals surface area (Å²) in [6, 6.07) is 11.8. The molecule has 0 radical (unpaired) electrons. The third-order valence-corrected chi connectivity index (χ3v) is 5.00. The van der Waals surface area contributed by atoms with Crippen molar-refractivity contribution >= 4 is 11.6 Å². The molecule has 0 aromatic heterocycles. The van der Waals surface area contributed by atoms with Crippen LogP contribution in [0, 0.1) is 0 Å². The SMILES string of the molecule is O[C@@H]1[C@@H](NCc2ccc(C(F)(F)F)cc2)CCC[C@H]1Oc1ccc(Cl)cc1. The third kappa shape index (κ3) is 5.37. The van der Waals surface area contributed by atoms with E-state index >= 15 is 0 Å². The molecule has 0 spiro atoms. The Balaban J connectivity index is 1.56. The molecule has 146 valence electrons. The smallest absolute Gasteiger partial charge is 0.416 e. The van der Waals surface area contributed by atoms with Crippen molar-refractivity contribution in [1.82, 2.24) is 5.32 Å². The molecule has 2 N–H and O–H groups in total. The Morgan fingerprint density at radius 1 is 1.04 bits per heavy atom. The van der Waals surface area contributed by atoms with Crippen LogP contribution in [0.4, 0.5) is 13.2 Å². The summed E-state index contributed by atoms with van der Waals surface area (Å²) in [7, 11) is 0. The number of nitrogens with one attached hydrogen (secondary N) is 1. The molecule has 1 saturated carbocycles. The number of benzene rings is 2. The van der Waals surface area contributed by atoms with E-state index in [0.29, 0.717) is 17.3 Å². The molecule has 0 unspecified atom stereocenters. The molecule has 7 heteroatoms. The molecule has 0 heterocycles. The minimum atomic E-state index is -4.34. The van der Waals surface area contributed by atoms with Crippen molar-refractivity contribution in [2.24, 2.45) is 0 Å². The number of aliphatic hydroxyl groups excluding tert-OH is 1. The lowest BCUT2D eigenvalue weighted by molar-refractivity contribution is -0.137. The van der Waals surface area contributed by atoms with Gasteiger partial charge in [-0.2, -0.15) is 13.2 Å². The van der Waals surface area contributed by atoms with Gasteiger partial charge in [-0.25, -0.2) is 0 Å². The van der Waals surface area contributed by atoms with Crippen LogP contribution in [0.1, 0.15) is 30.4 Å². The Morgan fingerprint density at radius 3 is 2.33 bits per heavy atom. The largest absolute Gasteiger partial charge is 0.488 e. The molecule has 3 nitrogen and oxygen atoms in total. The minimum absolute atomic E-state index is 0.182. The molecule has 2 aromatic rings. The van der Waals surface area contributed by atoms with Crippen LogP contribution in [0.25, 0.3) is 0 Å². The summed E-state index contributed by atoms with van der Waals surface area (Å²) in [6.45, 7) is 0.382. The van der Waals surface area contributed by atoms with Gasteiger partial charge in [0.1, 0.15) is 18.0 Å². The Kier molecular flexibility index (Phi) is 6.29. The van der Waals surface area contributed by atoms with E-state index in [-0.39, 0.29) is 12.1 Å². The second-order valence-electron chi connectivity index (χ2n) is 6.71. The van der Waals surface area contributed by atoms with Crippen LogP contribution in [-0.4, -0.2) is 23.4 Å². The molecule has 1 aliphatic carbocycles. The average Bonchev–Trinajstić information content (AvgIpc) is 2.64. The summed E-state index contributed by atoms with van der Waals surface area (Å²) >= 11 is 5.86. The highest BCUT2D eigenvalue weighted by Crippen LogP contribution is 2.29. The van der Waals surface area contributed by atoms with Crippen LogP contribution in [-0.2, 0) is 12.7 Å². The summed E-state index contributed by atoms with van der Waals surface area (Å²) in [5, 5.41) is 14.5. The Morgan fingerprint density at radius 2 is 1.70 bits per heavy atom. The van der Waals surface area contributed by atoms with Crippen LogP contribution in [0.15, 0.2) is 48.5 Å². The lowest BCUT2D eigenvalue weighted by Gasteiger charge is -2.35. The number of hydrogen-bond donors (Lipinski definition) is 2. The fraction of sp³-hybridized carbons (Fsp3) is 0.400. The molecule has 3 rings (SSSR count). The van der Waals surface area contributed by atoms with Crippen molar-refractivity contribution in [2.45, 2.75) is 50.2 Å². The molecule has 0 bridgehead atoms. The minimum Gasteiger partial charge on any atom is -0.488 e. The molecule has 0 saturated heterocycles. The van der Waals surface area contributed by atoms with Gasteiger partial charge in [-0.05, 0) is 61.2 Å². The highest BCUT2D eigenvalue weighted by molar-refractivity contribution is 6.30. The second kappa shape index (κ2) is 8.50. The van der Waals surface area contributed by atoms with Crippen LogP contribution >= 0.6 is 11.6 Å². The molecule has 2 aromatic carbocycles. The van der Waals surface area contributed by atoms with Crippen molar-refractivity contribution < 1.29 is 23.0 Å². The van der Waals surface area contributed by atoms with E-state index in [9.17, 15) is 18.3 Å². The zero-order valence-corrected chi connectivity index (χ0v) is 15.3. The normalized spacial score (nSPS) is 23.2. The summed E-state index contributed by atoms with van der Waals surface area (Å²) in [6.07, 6.45) is -2.98. The highest BCUT2D eigenvalue weighted by Gasteiger charge is 2.33. The van der Waals surface area contributed by atoms with Crippen molar-refractivity contribution in [2.75, 3.05) is 0 Å². The molecular formula is C20H21ClF3NO2. The van der Waals surface area contributed by atoms with E-state index in [0.717, 1.165) is 37.0 Å². The second-order valence-corrected chi connectivity index (χ2v) is 7.15. The van der Waals surface area contributed by atoms with Crippen LogP contribution < -0.4 is 10.1 Å². The van der Waals surface area contributed by atoms with Gasteiger partial charge in [-0.3, -0.25) is 0 Å². The van der Waals surface area contributed by atoms with E-state index in [1.165, 1.54) is 12.1 Å². The third-order valence-electron chi connectivity index (χ3n) is 4.75. The maximum atomic E-state index is 12.6. The number of alkyl halides is 3. The number of halogens is 4. The zero-order valence-electron chi connectivity index (χ0n) is 14.5. The van der Waals surface area contributed by atoms with Gasteiger partial charge in [0.25, 0.3) is 0 Å². The summed E-state index contributed by atoms with van der Waals surface area (Å²) in [5.41, 5.74) is 0.0660. The fourth-order valence-electron chi connectivity index (χ4n) is 3.24. The topological polar surface area (TPSA) is 41.5 Å². The van der Waals surface area contributed by atoms with Crippen LogP contribution in [0.2, 0.25) is 5.02 Å². The van der Waals surface area contributed by atoms with E-state index in [2.05, 4.69) is 5.32 Å². The van der Waals surface area contributed by atoms with E-state index in [1.54, 1.807) is 24.3 Å². The Hall–Kier alpha value is -1.76. The van der Waals surface area contributed by atoms with E-state index in [1.807, 2.05) is 0 Å². The summed E-state index contributed by atoms with van der Waals surface area (Å²) in [5.74, 6) is 0.645. The van der Waals surface area contributed by atoms with Crippen LogP contribution in [0.5, 0.6) is 5.75 Å². The van der Waals surface area contributed by atoms with Crippen molar-refractivity contribution in [3.05, 3.63) is 64.7 Å². The first-order chi connectivity index (χ1) is 12.8. The predicted octanol–water partition coefficient (Wildman–Crippen LogP) is 4.81. The first kappa shape index (κ1) is 20.0. The maximum Gasteiger partial charge on any atom is 0.416 e. The lowest BCUT2D eigenvalue weighted by atomic mass is 9.89. The molecule has 1 fully saturated rings. The summed E-state index contributed by atoms with van der Waals surface area (Å²) < 4.78 is 43.7. The van der Waals surface area contributed by atoms with Gasteiger partial charge < -0.3 is 15.2 Å². The van der Waals surface area contributed by atoms with Gasteiger partial charge in [-0.15, -0.1) is 0 Å². The predicted molar refractivity (Wildman–Crippen MR) is 97.8 cm³/mol. The van der Waals surface area contributed by atoms with Crippen LogP contribution in [0.3, 0.4) is 0 Å². The molecule has 1 aliphatic rings. The first-order valence-corrected chi connectivity index (χ1v) is 9.20. The lowest BCUT2D eigenvalue weighted by Crippen LogP contribution is -2.50. The number of rotatable bonds is 5. The van der Waals surface area contributed by atoms with Crippen molar-refractivity contribution in [3.8, 4) is 5.75 Å². The van der Waals surface area contributed by atoms with Gasteiger partial charge in [0.2, 0.25) is 0 Å². The molecule has 3 atom stereocenters. The quantitative estimate of drug-likeness (QED) is 0.758. The van der Waals surface area contributed by atoms with Gasteiger partial charge in [0.15, 0.2) is 0 Å². The van der Waals surface area contributed by atoms with Crippen molar-refractivity contribution in [3.63, 3.8) is 0 Å². The fourth-order valence-corrected chi connectivity index (χ4v) is 3.37. The molecule has 27 heavy (non-hydrogen) atoms. The molecular weight excluding hydrogens is 379 g/mol. The maximum absolute atomic E-state index is 12.6. The van der Waals surface area contributed by atoms with Gasteiger partial charge in [0, 0.05) is 17.6 Å². The first-order valence-electron chi connectivity index (χ1n) is 8.83. The van der Waals surface area contributed by atoms with Gasteiger partial charge >= 0.3 is 6.18 Å². The standard InChI is InChI=1S/C20H21ClF3NO2/c21-15-8-10-16(11-9-15)27-18-3-1-2-17(19(18)26)25-12-13-4-6-14(7-5-13)20(22,23)24/h4-11,17-19,25-26H,1-3,12H2/t17-,18+,19+/m0/s1.